The van der Waals surface area contributed by atoms with Crippen LogP contribution in [0.15, 0.2) is 39.5 Å². The molecular formula is C31H54O3Sn. The maximum atomic E-state index is 13.8. The van der Waals surface area contributed by atoms with E-state index >= 15 is 0 Å². The molecule has 0 aliphatic carbocycles. The van der Waals surface area contributed by atoms with Gasteiger partial charge in [0.1, 0.15) is 0 Å². The van der Waals surface area contributed by atoms with Crippen LogP contribution in [-0.2, 0) is 20.9 Å². The van der Waals surface area contributed by atoms with Crippen LogP contribution >= 0.6 is 0 Å². The average Bonchev–Trinajstić information content (AvgIpc) is 2.87. The second-order valence-corrected chi connectivity index (χ2v) is 23.1. The molecule has 3 nitrogen and oxygen atoms in total. The van der Waals surface area contributed by atoms with Crippen molar-refractivity contribution in [2.75, 3.05) is 13.2 Å². The van der Waals surface area contributed by atoms with Gasteiger partial charge in [-0.3, -0.25) is 0 Å². The summed E-state index contributed by atoms with van der Waals surface area (Å²) in [7, 11) is 0. The van der Waals surface area contributed by atoms with E-state index in [1.165, 1.54) is 85.8 Å². The monoisotopic (exact) mass is 594 g/mol. The number of unbranched alkanes of at least 4 members (excludes halogenated alkanes) is 6. The molecule has 0 aromatic heterocycles. The molecular weight excluding hydrogens is 539 g/mol. The number of carbonyl (C=O) groups excluding carboxylic acids is 1. The first-order valence-corrected chi connectivity index (χ1v) is 22.1. The molecule has 0 saturated heterocycles. The summed E-state index contributed by atoms with van der Waals surface area (Å²) in [4.78, 5) is 13.8. The van der Waals surface area contributed by atoms with Crippen molar-refractivity contribution in [2.45, 2.75) is 125 Å². The molecule has 0 saturated carbocycles. The van der Waals surface area contributed by atoms with Crippen LogP contribution in [-0.4, -0.2) is 37.6 Å². The molecule has 4 heteroatoms. The Morgan fingerprint density at radius 3 is 1.83 bits per heavy atom. The summed E-state index contributed by atoms with van der Waals surface area (Å²) in [5.74, 6) is 0.000381. The molecule has 0 aliphatic heterocycles. The minimum absolute atomic E-state index is 0.000381. The average molecular weight is 593 g/mol. The van der Waals surface area contributed by atoms with E-state index in [1.807, 2.05) is 13.0 Å². The molecule has 1 aromatic carbocycles. The fourth-order valence-electron chi connectivity index (χ4n) is 5.14. The van der Waals surface area contributed by atoms with Crippen LogP contribution in [0.3, 0.4) is 0 Å². The summed E-state index contributed by atoms with van der Waals surface area (Å²) in [6.45, 7) is 12.7. The second-order valence-electron chi connectivity index (χ2n) is 10.1. The van der Waals surface area contributed by atoms with Crippen molar-refractivity contribution in [2.24, 2.45) is 0 Å². The Balaban J connectivity index is 3.46. The van der Waals surface area contributed by atoms with Gasteiger partial charge in [-0.05, 0) is 0 Å². The topological polar surface area (TPSA) is 35.5 Å². The van der Waals surface area contributed by atoms with Crippen LogP contribution in [0, 0.1) is 0 Å². The molecule has 1 rings (SSSR count). The molecule has 0 aliphatic rings. The third-order valence-corrected chi connectivity index (χ3v) is 23.0. The Kier molecular flexibility index (Phi) is 18.7. The zero-order chi connectivity index (χ0) is 25.8. The maximum absolute atomic E-state index is 13.8. The van der Waals surface area contributed by atoms with E-state index in [0.29, 0.717) is 19.8 Å². The number of hydrogen-bond donors (Lipinski definition) is 0. The number of carbonyl (C=O) groups is 1. The van der Waals surface area contributed by atoms with Crippen LogP contribution in [0.4, 0.5) is 0 Å². The van der Waals surface area contributed by atoms with Crippen LogP contribution in [0.2, 0.25) is 13.3 Å². The number of ether oxygens (including phenoxy) is 2. The molecule has 1 aromatic rings. The van der Waals surface area contributed by atoms with Crippen molar-refractivity contribution in [3.63, 3.8) is 0 Å². The van der Waals surface area contributed by atoms with E-state index < -0.39 is 18.4 Å². The summed E-state index contributed by atoms with van der Waals surface area (Å²) < 4.78 is 17.2. The minimum atomic E-state index is -3.01. The molecule has 0 N–H and O–H groups in total. The first-order chi connectivity index (χ1) is 17.1. The van der Waals surface area contributed by atoms with Gasteiger partial charge in [-0.2, -0.15) is 0 Å². The molecule has 0 bridgehead atoms. The van der Waals surface area contributed by atoms with Crippen LogP contribution < -0.4 is 0 Å². The van der Waals surface area contributed by atoms with Gasteiger partial charge in [0.15, 0.2) is 0 Å². The predicted octanol–water partition coefficient (Wildman–Crippen LogP) is 9.42. The fourth-order valence-corrected chi connectivity index (χ4v) is 22.4. The van der Waals surface area contributed by atoms with Crippen molar-refractivity contribution >= 4 is 24.3 Å². The van der Waals surface area contributed by atoms with Crippen LogP contribution in [0.1, 0.15) is 111 Å². The Morgan fingerprint density at radius 2 is 1.31 bits per heavy atom. The fraction of sp³-hybridized carbons (Fsp3) is 0.710. The van der Waals surface area contributed by atoms with Gasteiger partial charge in [0.2, 0.25) is 0 Å². The molecule has 0 fully saturated rings. The zero-order valence-corrected chi connectivity index (χ0v) is 26.5. The quantitative estimate of drug-likeness (QED) is 0.0617. The second kappa shape index (κ2) is 20.3. The van der Waals surface area contributed by atoms with Crippen LogP contribution in [0.5, 0.6) is 0 Å². The van der Waals surface area contributed by atoms with Crippen molar-refractivity contribution in [1.29, 1.82) is 0 Å². The Bertz CT molecular complexity index is 677. The third-order valence-electron chi connectivity index (χ3n) is 7.11. The summed E-state index contributed by atoms with van der Waals surface area (Å²) in [5, 5.41) is 0. The Labute approximate surface area is 221 Å². The standard InChI is InChI=1S/C19H27O3.3C4H9.Sn/c1-3-5-6-8-13-18(14-19(20)22-4-2)16-21-15-17-11-9-7-10-12-17;3*1-3-4-2;/h7,9-12H,3-6,8,13,15-16H2,1-2H3;3*1,3-4H2,2H3;. The number of hydrogen-bond acceptors (Lipinski definition) is 3. The molecule has 35 heavy (non-hydrogen) atoms. The van der Waals surface area contributed by atoms with E-state index in [-0.39, 0.29) is 5.97 Å². The van der Waals surface area contributed by atoms with Gasteiger partial charge in [-0.25, -0.2) is 0 Å². The third kappa shape index (κ3) is 12.3. The molecule has 0 radical (unpaired) electrons. The van der Waals surface area contributed by atoms with Crippen molar-refractivity contribution in [3.8, 4) is 0 Å². The van der Waals surface area contributed by atoms with E-state index in [4.69, 9.17) is 9.47 Å². The summed E-state index contributed by atoms with van der Waals surface area (Å²) >= 11 is -3.01. The van der Waals surface area contributed by atoms with Crippen LogP contribution in [0.25, 0.3) is 0 Å². The number of esters is 1. The Hall–Kier alpha value is -0.811. The van der Waals surface area contributed by atoms with Crippen molar-refractivity contribution < 1.29 is 14.3 Å². The van der Waals surface area contributed by atoms with E-state index in [9.17, 15) is 4.79 Å². The molecule has 0 heterocycles. The summed E-state index contributed by atoms with van der Waals surface area (Å²) in [5.41, 5.74) is 2.47. The normalized spacial score (nSPS) is 12.5. The Morgan fingerprint density at radius 1 is 0.743 bits per heavy atom. The van der Waals surface area contributed by atoms with Crippen molar-refractivity contribution in [1.82, 2.24) is 0 Å². The predicted molar refractivity (Wildman–Crippen MR) is 153 cm³/mol. The van der Waals surface area contributed by atoms with Gasteiger partial charge in [0.05, 0.1) is 0 Å². The number of rotatable bonds is 21. The molecule has 0 atom stereocenters. The van der Waals surface area contributed by atoms with Gasteiger partial charge in [-0.1, -0.05) is 0 Å². The first kappa shape index (κ1) is 32.2. The summed E-state index contributed by atoms with van der Waals surface area (Å²) in [6.07, 6.45) is 13.1. The number of benzene rings is 1. The molecule has 0 amide bonds. The van der Waals surface area contributed by atoms with Gasteiger partial charge in [-0.15, -0.1) is 0 Å². The van der Waals surface area contributed by atoms with E-state index in [0.717, 1.165) is 12.8 Å². The van der Waals surface area contributed by atoms with Gasteiger partial charge in [0.25, 0.3) is 0 Å². The SMILES string of the molecule is CCCCCC/C(COCc1ccccc1)=[C](/C(=O)OCC)[Sn]([CH2]CCC)([CH2]CCC)[CH2]CCC. The van der Waals surface area contributed by atoms with Gasteiger partial charge in [0, 0.05) is 0 Å². The molecule has 200 valence electrons. The molecule has 0 unspecified atom stereocenters. The summed E-state index contributed by atoms with van der Waals surface area (Å²) in [6, 6.07) is 10.4. The van der Waals surface area contributed by atoms with Gasteiger partial charge < -0.3 is 0 Å². The molecule has 0 spiro atoms. The van der Waals surface area contributed by atoms with Crippen molar-refractivity contribution in [3.05, 3.63) is 45.1 Å². The first-order valence-electron chi connectivity index (χ1n) is 14.6. The zero-order valence-electron chi connectivity index (χ0n) is 23.6. The van der Waals surface area contributed by atoms with Gasteiger partial charge >= 0.3 is 222 Å². The van der Waals surface area contributed by atoms with E-state index in [1.54, 1.807) is 0 Å². The van der Waals surface area contributed by atoms with E-state index in [2.05, 4.69) is 52.0 Å².